The lowest BCUT2D eigenvalue weighted by atomic mass is 9.92. The predicted octanol–water partition coefficient (Wildman–Crippen LogP) is 5.95. The lowest BCUT2D eigenvalue weighted by Gasteiger charge is -2.15. The molecule has 0 N–H and O–H groups in total. The summed E-state index contributed by atoms with van der Waals surface area (Å²) < 4.78 is 0.813. The van der Waals surface area contributed by atoms with Crippen molar-refractivity contribution in [3.63, 3.8) is 0 Å². The Hall–Kier alpha value is -1.68. The van der Waals surface area contributed by atoms with E-state index in [-0.39, 0.29) is 5.78 Å². The molecule has 2 aromatic carbocycles. The molecule has 0 saturated carbocycles. The first kappa shape index (κ1) is 16.2. The molecule has 0 heterocycles. The number of hydrogen-bond donors (Lipinski definition) is 0. The molecule has 0 unspecified atom stereocenters. The zero-order chi connectivity index (χ0) is 16.1. The number of halogens is 1. The highest BCUT2D eigenvalue weighted by atomic mass is 127. The van der Waals surface area contributed by atoms with E-state index in [2.05, 4.69) is 52.9 Å². The number of ketones is 1. The number of hydrogen-bond acceptors (Lipinski definition) is 1. The highest BCUT2D eigenvalue weighted by Crippen LogP contribution is 2.33. The van der Waals surface area contributed by atoms with Gasteiger partial charge in [0, 0.05) is 5.57 Å². The van der Waals surface area contributed by atoms with Crippen LogP contribution in [0.2, 0.25) is 0 Å². The van der Waals surface area contributed by atoms with Crippen molar-refractivity contribution in [2.75, 3.05) is 0 Å². The first-order chi connectivity index (χ1) is 11.3. The van der Waals surface area contributed by atoms with Gasteiger partial charge in [-0.1, -0.05) is 66.7 Å². The third kappa shape index (κ3) is 3.81. The Kier molecular flexibility index (Phi) is 5.44. The maximum absolute atomic E-state index is 13.0. The number of benzene rings is 2. The van der Waals surface area contributed by atoms with Crippen molar-refractivity contribution in [3.8, 4) is 0 Å². The molecule has 0 saturated heterocycles. The summed E-state index contributed by atoms with van der Waals surface area (Å²) in [7, 11) is 0. The fraction of sp³-hybridized carbons (Fsp3) is 0.190. The summed E-state index contributed by atoms with van der Waals surface area (Å²) >= 11 is 2.23. The Balaban J connectivity index is 2.10. The summed E-state index contributed by atoms with van der Waals surface area (Å²) in [4.78, 5) is 13.0. The molecule has 0 atom stereocenters. The summed E-state index contributed by atoms with van der Waals surface area (Å²) in [6, 6.07) is 20.4. The number of Topliss-reactive ketones (excluding diaryl/α,β-unsaturated/α-hetero) is 1. The Labute approximate surface area is 151 Å². The average Bonchev–Trinajstić information content (AvgIpc) is 2.64. The highest BCUT2D eigenvalue weighted by Gasteiger charge is 2.20. The second kappa shape index (κ2) is 7.73. The van der Waals surface area contributed by atoms with Crippen LogP contribution in [0.4, 0.5) is 0 Å². The fourth-order valence-corrected chi connectivity index (χ4v) is 3.90. The molecular weight excluding hydrogens is 395 g/mol. The number of carbonyl (C=O) groups is 1. The maximum Gasteiger partial charge on any atom is 0.195 e. The third-order valence-electron chi connectivity index (χ3n) is 4.13. The van der Waals surface area contributed by atoms with Gasteiger partial charge in [0.05, 0.1) is 3.58 Å². The van der Waals surface area contributed by atoms with E-state index in [0.29, 0.717) is 0 Å². The minimum Gasteiger partial charge on any atom is -0.288 e. The van der Waals surface area contributed by atoms with E-state index in [9.17, 15) is 4.79 Å². The van der Waals surface area contributed by atoms with Crippen molar-refractivity contribution in [1.29, 1.82) is 0 Å². The van der Waals surface area contributed by atoms with Gasteiger partial charge in [0.15, 0.2) is 5.78 Å². The molecular formula is C21H19IO. The van der Waals surface area contributed by atoms with Gasteiger partial charge in [0.25, 0.3) is 0 Å². The first-order valence-electron chi connectivity index (χ1n) is 8.01. The van der Waals surface area contributed by atoms with Crippen LogP contribution < -0.4 is 0 Å². The van der Waals surface area contributed by atoms with Crippen molar-refractivity contribution in [1.82, 2.24) is 0 Å². The van der Waals surface area contributed by atoms with Crippen LogP contribution in [-0.4, -0.2) is 5.78 Å². The zero-order valence-electron chi connectivity index (χ0n) is 13.0. The Morgan fingerprint density at radius 2 is 1.39 bits per heavy atom. The number of allylic oxidation sites excluding steroid dienone is 3. The molecule has 0 fully saturated rings. The molecule has 0 aromatic heterocycles. The average molecular weight is 414 g/mol. The molecule has 2 aromatic rings. The van der Waals surface area contributed by atoms with Gasteiger partial charge in [0.1, 0.15) is 0 Å². The van der Waals surface area contributed by atoms with Crippen molar-refractivity contribution in [3.05, 3.63) is 87.0 Å². The minimum atomic E-state index is 0.188. The van der Waals surface area contributed by atoms with Crippen LogP contribution in [0.15, 0.2) is 75.9 Å². The molecule has 116 valence electrons. The van der Waals surface area contributed by atoms with E-state index in [1.54, 1.807) is 0 Å². The Morgan fingerprint density at radius 1 is 0.826 bits per heavy atom. The quantitative estimate of drug-likeness (QED) is 0.446. The fourth-order valence-electron chi connectivity index (χ4n) is 2.93. The Bertz CT molecular complexity index is 700. The van der Waals surface area contributed by atoms with Crippen LogP contribution in [0.25, 0.3) is 5.57 Å². The number of rotatable bonds is 4. The van der Waals surface area contributed by atoms with Crippen LogP contribution in [0, 0.1) is 0 Å². The first-order valence-corrected chi connectivity index (χ1v) is 9.09. The second-order valence-electron chi connectivity index (χ2n) is 5.73. The van der Waals surface area contributed by atoms with Gasteiger partial charge in [-0.3, -0.25) is 4.79 Å². The summed E-state index contributed by atoms with van der Waals surface area (Å²) in [5.74, 6) is 0.188. The molecule has 0 radical (unpaired) electrons. The third-order valence-corrected chi connectivity index (χ3v) is 5.16. The van der Waals surface area contributed by atoms with Gasteiger partial charge in [0.2, 0.25) is 0 Å². The molecule has 0 aliphatic heterocycles. The monoisotopic (exact) mass is 414 g/mol. The van der Waals surface area contributed by atoms with Gasteiger partial charge in [-0.25, -0.2) is 0 Å². The van der Waals surface area contributed by atoms with E-state index < -0.39 is 0 Å². The topological polar surface area (TPSA) is 17.1 Å². The number of carbonyl (C=O) groups excluding carboxylic acids is 1. The summed E-state index contributed by atoms with van der Waals surface area (Å²) in [5.41, 5.74) is 4.19. The molecule has 1 aliphatic carbocycles. The van der Waals surface area contributed by atoms with Crippen LogP contribution in [0.1, 0.15) is 36.8 Å². The summed E-state index contributed by atoms with van der Waals surface area (Å²) in [6.45, 7) is 0. The lowest BCUT2D eigenvalue weighted by Crippen LogP contribution is -2.08. The molecule has 0 amide bonds. The van der Waals surface area contributed by atoms with Crippen molar-refractivity contribution >= 4 is 33.9 Å². The van der Waals surface area contributed by atoms with E-state index in [4.69, 9.17) is 0 Å². The SMILES string of the molecule is O=C(C1=CCCCC1)C(I)=C(c1ccccc1)c1ccccc1. The molecule has 1 nitrogen and oxygen atoms in total. The molecule has 23 heavy (non-hydrogen) atoms. The Morgan fingerprint density at radius 3 is 1.87 bits per heavy atom. The van der Waals surface area contributed by atoms with Crippen LogP contribution in [0.5, 0.6) is 0 Å². The van der Waals surface area contributed by atoms with Gasteiger partial charge in [-0.2, -0.15) is 0 Å². The zero-order valence-corrected chi connectivity index (χ0v) is 15.1. The second-order valence-corrected chi connectivity index (χ2v) is 6.80. The van der Waals surface area contributed by atoms with Crippen LogP contribution in [-0.2, 0) is 4.79 Å². The van der Waals surface area contributed by atoms with Gasteiger partial charge >= 0.3 is 0 Å². The molecule has 0 spiro atoms. The van der Waals surface area contributed by atoms with Gasteiger partial charge < -0.3 is 0 Å². The standard InChI is InChI=1S/C21H19IO/c22-20(21(23)18-14-8-3-9-15-18)19(16-10-4-1-5-11-16)17-12-6-2-7-13-17/h1-2,4-7,10-14H,3,8-9,15H2. The molecule has 2 heteroatoms. The normalized spacial score (nSPS) is 14.0. The largest absolute Gasteiger partial charge is 0.288 e. The van der Waals surface area contributed by atoms with Crippen molar-refractivity contribution < 1.29 is 4.79 Å². The van der Waals surface area contributed by atoms with Crippen LogP contribution >= 0.6 is 22.6 Å². The van der Waals surface area contributed by atoms with E-state index in [0.717, 1.165) is 45.1 Å². The maximum atomic E-state index is 13.0. The van der Waals surface area contributed by atoms with Gasteiger partial charge in [-0.15, -0.1) is 0 Å². The van der Waals surface area contributed by atoms with E-state index in [1.165, 1.54) is 6.42 Å². The summed E-state index contributed by atoms with van der Waals surface area (Å²) in [6.07, 6.45) is 6.37. The van der Waals surface area contributed by atoms with E-state index in [1.807, 2.05) is 36.4 Å². The lowest BCUT2D eigenvalue weighted by molar-refractivity contribution is -0.111. The van der Waals surface area contributed by atoms with Crippen molar-refractivity contribution in [2.45, 2.75) is 25.7 Å². The minimum absolute atomic E-state index is 0.188. The van der Waals surface area contributed by atoms with Gasteiger partial charge in [-0.05, 0) is 65.0 Å². The molecule has 3 rings (SSSR count). The highest BCUT2D eigenvalue weighted by molar-refractivity contribution is 14.1. The smallest absolute Gasteiger partial charge is 0.195 e. The van der Waals surface area contributed by atoms with Crippen molar-refractivity contribution in [2.24, 2.45) is 0 Å². The molecule has 0 bridgehead atoms. The molecule has 1 aliphatic rings. The predicted molar refractivity (Wildman–Crippen MR) is 104 cm³/mol. The van der Waals surface area contributed by atoms with E-state index >= 15 is 0 Å². The summed E-state index contributed by atoms with van der Waals surface area (Å²) in [5, 5.41) is 0. The van der Waals surface area contributed by atoms with Crippen LogP contribution in [0.3, 0.4) is 0 Å².